The zero-order valence-electron chi connectivity index (χ0n) is 22.2. The van der Waals surface area contributed by atoms with Gasteiger partial charge in [-0.15, -0.1) is 11.3 Å². The SMILES string of the molecule is Cc1c(C)c2c(c3c1CC[n+]1ccc4ccccc4c1-3)-c1cccc(C=Cc3nc4ccccc4s3)[n+]1CC2. The van der Waals surface area contributed by atoms with Gasteiger partial charge in [-0.1, -0.05) is 30.3 Å². The number of fused-ring (bicyclic) bond motifs is 10. The highest BCUT2D eigenvalue weighted by molar-refractivity contribution is 7.19. The lowest BCUT2D eigenvalue weighted by Gasteiger charge is -2.27. The fourth-order valence-corrected chi connectivity index (χ4v) is 7.63. The van der Waals surface area contributed by atoms with Crippen molar-refractivity contribution in [1.82, 2.24) is 4.98 Å². The Hall–Kier alpha value is -4.15. The Morgan fingerprint density at radius 1 is 0.769 bits per heavy atom. The van der Waals surface area contributed by atoms with Crippen LogP contribution in [0.5, 0.6) is 0 Å². The molecule has 0 fully saturated rings. The Morgan fingerprint density at radius 2 is 1.56 bits per heavy atom. The van der Waals surface area contributed by atoms with Crippen LogP contribution in [0.15, 0.2) is 79.0 Å². The Bertz CT molecular complexity index is 1960. The van der Waals surface area contributed by atoms with Crippen molar-refractivity contribution in [2.45, 2.75) is 39.8 Å². The van der Waals surface area contributed by atoms with E-state index in [-0.39, 0.29) is 0 Å². The highest BCUT2D eigenvalue weighted by atomic mass is 32.1. The van der Waals surface area contributed by atoms with Gasteiger partial charge >= 0.3 is 0 Å². The van der Waals surface area contributed by atoms with Gasteiger partial charge in [0.2, 0.25) is 17.1 Å². The number of benzene rings is 3. The molecule has 188 valence electrons. The van der Waals surface area contributed by atoms with Gasteiger partial charge in [-0.3, -0.25) is 0 Å². The maximum Gasteiger partial charge on any atom is 0.221 e. The van der Waals surface area contributed by atoms with Crippen LogP contribution in [0.25, 0.3) is 55.7 Å². The van der Waals surface area contributed by atoms with Gasteiger partial charge in [0.25, 0.3) is 0 Å². The Morgan fingerprint density at radius 3 is 2.46 bits per heavy atom. The molecule has 3 nitrogen and oxygen atoms in total. The van der Waals surface area contributed by atoms with Crippen molar-refractivity contribution in [2.24, 2.45) is 0 Å². The minimum absolute atomic E-state index is 0.983. The maximum absolute atomic E-state index is 4.83. The molecule has 0 unspecified atom stereocenters. The van der Waals surface area contributed by atoms with E-state index in [0.29, 0.717) is 0 Å². The molecule has 2 aliphatic heterocycles. The van der Waals surface area contributed by atoms with E-state index in [4.69, 9.17) is 4.98 Å². The van der Waals surface area contributed by atoms with E-state index in [9.17, 15) is 0 Å². The first-order valence-corrected chi connectivity index (χ1v) is 14.6. The molecule has 3 aromatic carbocycles. The number of pyridine rings is 2. The summed E-state index contributed by atoms with van der Waals surface area (Å²) in [6.45, 7) is 6.69. The maximum atomic E-state index is 4.83. The number of nitrogens with zero attached hydrogens (tertiary/aromatic N) is 3. The largest absolute Gasteiger partial charge is 0.237 e. The van der Waals surface area contributed by atoms with Crippen LogP contribution in [-0.4, -0.2) is 4.98 Å². The van der Waals surface area contributed by atoms with E-state index < -0.39 is 0 Å². The molecule has 6 aromatic rings. The van der Waals surface area contributed by atoms with Gasteiger partial charge in [0.05, 0.1) is 26.7 Å². The number of aromatic nitrogens is 3. The first kappa shape index (κ1) is 22.8. The fourth-order valence-electron chi connectivity index (χ4n) is 6.76. The third-order valence-electron chi connectivity index (χ3n) is 8.77. The second-order valence-electron chi connectivity index (χ2n) is 10.7. The summed E-state index contributed by atoms with van der Waals surface area (Å²) in [6, 6.07) is 26.3. The summed E-state index contributed by atoms with van der Waals surface area (Å²) in [5.41, 5.74) is 13.8. The zero-order chi connectivity index (χ0) is 26.1. The van der Waals surface area contributed by atoms with Gasteiger partial charge in [0, 0.05) is 37.1 Å². The molecular weight excluding hydrogens is 494 g/mol. The van der Waals surface area contributed by atoms with Gasteiger partial charge in [-0.2, -0.15) is 9.13 Å². The molecule has 0 aliphatic carbocycles. The molecule has 4 heteroatoms. The summed E-state index contributed by atoms with van der Waals surface area (Å²) in [7, 11) is 0. The smallest absolute Gasteiger partial charge is 0.221 e. The van der Waals surface area contributed by atoms with E-state index in [1.807, 2.05) is 0 Å². The van der Waals surface area contributed by atoms with Gasteiger partial charge in [0.15, 0.2) is 19.3 Å². The van der Waals surface area contributed by atoms with Crippen LogP contribution in [-0.2, 0) is 25.9 Å². The van der Waals surface area contributed by atoms with Crippen molar-refractivity contribution in [3.63, 3.8) is 0 Å². The molecule has 0 N–H and O–H groups in total. The van der Waals surface area contributed by atoms with Crippen LogP contribution in [0.4, 0.5) is 0 Å². The number of hydrogen-bond acceptors (Lipinski definition) is 2. The lowest BCUT2D eigenvalue weighted by atomic mass is 9.79. The third kappa shape index (κ3) is 3.44. The number of hydrogen-bond donors (Lipinski definition) is 0. The molecule has 2 aliphatic rings. The van der Waals surface area contributed by atoms with Crippen LogP contribution < -0.4 is 9.13 Å². The van der Waals surface area contributed by atoms with Crippen molar-refractivity contribution in [3.05, 3.63) is 112 Å². The Balaban J connectivity index is 1.35. The number of rotatable bonds is 2. The van der Waals surface area contributed by atoms with E-state index in [0.717, 1.165) is 36.5 Å². The quantitative estimate of drug-likeness (QED) is 0.219. The normalized spacial score (nSPS) is 13.9. The average molecular weight is 524 g/mol. The molecule has 0 spiro atoms. The summed E-state index contributed by atoms with van der Waals surface area (Å²) in [4.78, 5) is 4.83. The van der Waals surface area contributed by atoms with Crippen LogP contribution in [0, 0.1) is 13.8 Å². The van der Waals surface area contributed by atoms with Gasteiger partial charge in [-0.25, -0.2) is 4.98 Å². The summed E-state index contributed by atoms with van der Waals surface area (Å²) < 4.78 is 6.23. The highest BCUT2D eigenvalue weighted by Crippen LogP contribution is 2.44. The monoisotopic (exact) mass is 523 g/mol. The van der Waals surface area contributed by atoms with Crippen LogP contribution >= 0.6 is 11.3 Å². The molecule has 8 rings (SSSR count). The summed E-state index contributed by atoms with van der Waals surface area (Å²) in [5, 5.41) is 3.70. The molecule has 0 bridgehead atoms. The molecule has 0 atom stereocenters. The predicted octanol–water partition coefficient (Wildman–Crippen LogP) is 7.26. The Labute approximate surface area is 232 Å². The average Bonchev–Trinajstić information content (AvgIpc) is 3.40. The van der Waals surface area contributed by atoms with E-state index in [1.165, 1.54) is 65.9 Å². The summed E-state index contributed by atoms with van der Waals surface area (Å²) in [5.74, 6) is 0. The second-order valence-corrected chi connectivity index (χ2v) is 11.8. The minimum Gasteiger partial charge on any atom is -0.237 e. The van der Waals surface area contributed by atoms with Crippen LogP contribution in [0.2, 0.25) is 0 Å². The molecule has 0 radical (unpaired) electrons. The molecule has 0 saturated carbocycles. The summed E-state index contributed by atoms with van der Waals surface area (Å²) >= 11 is 1.75. The molecule has 39 heavy (non-hydrogen) atoms. The first-order chi connectivity index (χ1) is 19.2. The van der Waals surface area contributed by atoms with Crippen molar-refractivity contribution < 1.29 is 9.13 Å². The first-order valence-electron chi connectivity index (χ1n) is 13.8. The van der Waals surface area contributed by atoms with Crippen molar-refractivity contribution in [1.29, 1.82) is 0 Å². The number of para-hydroxylation sites is 1. The molecular formula is C35H29N3S+2. The third-order valence-corrected chi connectivity index (χ3v) is 9.77. The molecule has 0 saturated heterocycles. The minimum atomic E-state index is 0.983. The highest BCUT2D eigenvalue weighted by Gasteiger charge is 2.37. The topological polar surface area (TPSA) is 20.6 Å². The number of thiazole rings is 1. The molecule has 0 amide bonds. The lowest BCUT2D eigenvalue weighted by Crippen LogP contribution is -2.45. The molecule has 3 aromatic heterocycles. The number of aryl methyl sites for hydroxylation is 1. The van der Waals surface area contributed by atoms with Gasteiger partial charge in [-0.05, 0) is 71.8 Å². The van der Waals surface area contributed by atoms with Crippen molar-refractivity contribution >= 4 is 44.5 Å². The summed E-state index contributed by atoms with van der Waals surface area (Å²) in [6.07, 6.45) is 8.83. The van der Waals surface area contributed by atoms with Gasteiger partial charge in [0.1, 0.15) is 5.01 Å². The second kappa shape index (κ2) is 8.69. The van der Waals surface area contributed by atoms with E-state index in [2.05, 4.69) is 114 Å². The Kier molecular flexibility index (Phi) is 5.08. The van der Waals surface area contributed by atoms with E-state index >= 15 is 0 Å². The standard InChI is InChI=1S/C35H29N3S/c1-22-23(2)27-17-20-37-19-16-24-8-3-4-10-28(24)35(37)34(27)33-26(22)18-21-38-25(9-7-12-30(33)38)14-15-32-36-29-11-5-6-13-31(29)39-32/h3-16,19H,17-18,20-21H2,1-2H3/q+2. The fraction of sp³-hybridized carbons (Fsp3) is 0.171. The molecule has 5 heterocycles. The lowest BCUT2D eigenvalue weighted by molar-refractivity contribution is -0.690. The van der Waals surface area contributed by atoms with Gasteiger partial charge < -0.3 is 0 Å². The van der Waals surface area contributed by atoms with Crippen molar-refractivity contribution in [3.8, 4) is 22.5 Å². The zero-order valence-corrected chi connectivity index (χ0v) is 23.1. The predicted molar refractivity (Wildman–Crippen MR) is 161 cm³/mol. The van der Waals surface area contributed by atoms with Crippen LogP contribution in [0.3, 0.4) is 0 Å². The van der Waals surface area contributed by atoms with Crippen molar-refractivity contribution in [2.75, 3.05) is 0 Å². The van der Waals surface area contributed by atoms with E-state index in [1.54, 1.807) is 11.3 Å². The van der Waals surface area contributed by atoms with Crippen LogP contribution in [0.1, 0.15) is 33.0 Å².